The number of fused-ring (bicyclic) bond motifs is 6. The van der Waals surface area contributed by atoms with Gasteiger partial charge in [0, 0.05) is 39.5 Å². The Morgan fingerprint density at radius 2 is 1.18 bits per heavy atom. The predicted octanol–water partition coefficient (Wildman–Crippen LogP) is 12.2. The van der Waals surface area contributed by atoms with E-state index in [1.165, 1.54) is 21.9 Å². The molecule has 4 heteroatoms. The van der Waals surface area contributed by atoms with E-state index in [0.717, 1.165) is 59.8 Å². The summed E-state index contributed by atoms with van der Waals surface area (Å²) in [7, 11) is 0. The monoisotopic (exact) mass is 594 g/mol. The van der Waals surface area contributed by atoms with Crippen molar-refractivity contribution in [1.29, 1.82) is 0 Å². The van der Waals surface area contributed by atoms with E-state index in [1.807, 2.05) is 6.07 Å². The molecule has 0 aliphatic rings. The third-order valence-electron chi connectivity index (χ3n) is 8.46. The van der Waals surface area contributed by atoms with Gasteiger partial charge in [-0.05, 0) is 70.4 Å². The average Bonchev–Trinajstić information content (AvgIpc) is 3.71. The van der Waals surface area contributed by atoms with Gasteiger partial charge in [0.15, 0.2) is 0 Å². The Bertz CT molecular complexity index is 2500. The highest BCUT2D eigenvalue weighted by molar-refractivity contribution is 7.22. The molecule has 45 heavy (non-hydrogen) atoms. The van der Waals surface area contributed by atoms with Gasteiger partial charge in [0.1, 0.15) is 16.2 Å². The maximum Gasteiger partial charge on any atom is 0.137 e. The van der Waals surface area contributed by atoms with E-state index in [0.29, 0.717) is 0 Å². The smallest absolute Gasteiger partial charge is 0.137 e. The van der Waals surface area contributed by atoms with Gasteiger partial charge in [-0.1, -0.05) is 103 Å². The summed E-state index contributed by atoms with van der Waals surface area (Å²) in [5.41, 5.74) is 9.42. The van der Waals surface area contributed by atoms with Crippen molar-refractivity contribution in [3.05, 3.63) is 158 Å². The van der Waals surface area contributed by atoms with Gasteiger partial charge in [0.05, 0.1) is 10.2 Å². The molecule has 0 fully saturated rings. The molecule has 0 unspecified atom stereocenters. The third kappa shape index (κ3) is 4.46. The van der Waals surface area contributed by atoms with Crippen LogP contribution in [0.25, 0.3) is 64.6 Å². The van der Waals surface area contributed by atoms with E-state index in [9.17, 15) is 0 Å². The molecule has 212 valence electrons. The van der Waals surface area contributed by atoms with Gasteiger partial charge < -0.3 is 9.32 Å². The van der Waals surface area contributed by atoms with E-state index < -0.39 is 0 Å². The van der Waals surface area contributed by atoms with Crippen molar-refractivity contribution in [1.82, 2.24) is 4.98 Å². The minimum absolute atomic E-state index is 0.856. The fourth-order valence-corrected chi connectivity index (χ4v) is 7.42. The minimum Gasteiger partial charge on any atom is -0.456 e. The van der Waals surface area contributed by atoms with Crippen LogP contribution in [0.15, 0.2) is 162 Å². The maximum absolute atomic E-state index is 6.55. The second kappa shape index (κ2) is 10.5. The highest BCUT2D eigenvalue weighted by atomic mass is 32.1. The van der Waals surface area contributed by atoms with E-state index >= 15 is 0 Å². The molecule has 0 N–H and O–H groups in total. The molecule has 0 aliphatic heterocycles. The normalized spacial score (nSPS) is 11.6. The van der Waals surface area contributed by atoms with Gasteiger partial charge in [-0.3, -0.25) is 0 Å². The molecule has 9 rings (SSSR count). The fourth-order valence-electron chi connectivity index (χ4n) is 6.30. The molecule has 9 aromatic rings. The van der Waals surface area contributed by atoms with Crippen molar-refractivity contribution in [3.8, 4) is 21.7 Å². The number of rotatable bonds is 5. The highest BCUT2D eigenvalue weighted by Crippen LogP contribution is 2.43. The zero-order chi connectivity index (χ0) is 29.7. The Morgan fingerprint density at radius 1 is 0.489 bits per heavy atom. The predicted molar refractivity (Wildman–Crippen MR) is 190 cm³/mol. The molecule has 0 spiro atoms. The summed E-state index contributed by atoms with van der Waals surface area (Å²) in [5, 5.41) is 5.65. The largest absolute Gasteiger partial charge is 0.456 e. The first-order valence-electron chi connectivity index (χ1n) is 15.0. The first kappa shape index (κ1) is 25.8. The van der Waals surface area contributed by atoms with Crippen molar-refractivity contribution in [2.24, 2.45) is 0 Å². The Kier molecular flexibility index (Phi) is 6.00. The van der Waals surface area contributed by atoms with E-state index in [-0.39, 0.29) is 0 Å². The lowest BCUT2D eigenvalue weighted by Gasteiger charge is -2.26. The fraction of sp³-hybridized carbons (Fsp3) is 0. The number of benzene rings is 7. The summed E-state index contributed by atoms with van der Waals surface area (Å²) < 4.78 is 7.71. The molecule has 3 nitrogen and oxygen atoms in total. The summed E-state index contributed by atoms with van der Waals surface area (Å²) in [6.07, 6.45) is 0. The zero-order valence-corrected chi connectivity index (χ0v) is 25.0. The maximum atomic E-state index is 6.55. The molecule has 0 bridgehead atoms. The van der Waals surface area contributed by atoms with Crippen LogP contribution in [0.3, 0.4) is 0 Å². The van der Waals surface area contributed by atoms with Gasteiger partial charge in [-0.15, -0.1) is 11.3 Å². The molecule has 0 saturated heterocycles. The Hall–Kier alpha value is -5.71. The molecule has 0 amide bonds. The van der Waals surface area contributed by atoms with Crippen molar-refractivity contribution in [2.45, 2.75) is 0 Å². The topological polar surface area (TPSA) is 29.3 Å². The Morgan fingerprint density at radius 3 is 2.02 bits per heavy atom. The standard InChI is InChI=1S/C41H26N2OS/c1-3-10-27(11-4-1)31-16-9-17-32(24-31)43(33-19-18-28-12-7-8-15-30(28)25-33)34-20-21-35-38(26-34)44-37-23-22-36-40(39(35)37)45-41(42-36)29-13-5-2-6-14-29/h1-26H. The van der Waals surface area contributed by atoms with Crippen LogP contribution in [0.5, 0.6) is 0 Å². The second-order valence-electron chi connectivity index (χ2n) is 11.2. The van der Waals surface area contributed by atoms with E-state index in [4.69, 9.17) is 9.40 Å². The first-order valence-corrected chi connectivity index (χ1v) is 15.9. The summed E-state index contributed by atoms with van der Waals surface area (Å²) in [4.78, 5) is 7.29. The van der Waals surface area contributed by atoms with Crippen LogP contribution < -0.4 is 4.90 Å². The SMILES string of the molecule is c1ccc(-c2cccc(N(c3ccc4ccccc4c3)c3ccc4c(c3)oc3ccc5nc(-c6ccccc6)sc5c34)c2)cc1. The number of anilines is 3. The molecule has 0 saturated carbocycles. The zero-order valence-electron chi connectivity index (χ0n) is 24.2. The number of hydrogen-bond acceptors (Lipinski definition) is 4. The van der Waals surface area contributed by atoms with Crippen molar-refractivity contribution in [2.75, 3.05) is 4.90 Å². The molecule has 0 atom stereocenters. The van der Waals surface area contributed by atoms with Crippen LogP contribution >= 0.6 is 11.3 Å². The first-order chi connectivity index (χ1) is 22.3. The molecule has 7 aromatic carbocycles. The minimum atomic E-state index is 0.856. The number of nitrogens with zero attached hydrogens (tertiary/aromatic N) is 2. The average molecular weight is 595 g/mol. The van der Waals surface area contributed by atoms with Crippen LogP contribution in [0, 0.1) is 0 Å². The summed E-state index contributed by atoms with van der Waals surface area (Å²) >= 11 is 1.72. The highest BCUT2D eigenvalue weighted by Gasteiger charge is 2.19. The van der Waals surface area contributed by atoms with Crippen molar-refractivity contribution < 1.29 is 4.42 Å². The molecule has 2 heterocycles. The number of aromatic nitrogens is 1. The van der Waals surface area contributed by atoms with E-state index in [2.05, 4.69) is 157 Å². The van der Waals surface area contributed by atoms with Gasteiger partial charge in [0.25, 0.3) is 0 Å². The second-order valence-corrected chi connectivity index (χ2v) is 12.2. The van der Waals surface area contributed by atoms with Crippen LogP contribution in [0.1, 0.15) is 0 Å². The van der Waals surface area contributed by atoms with Crippen LogP contribution in [-0.2, 0) is 0 Å². The van der Waals surface area contributed by atoms with Gasteiger partial charge in [-0.25, -0.2) is 4.98 Å². The third-order valence-corrected chi connectivity index (χ3v) is 9.59. The molecular formula is C41H26N2OS. The van der Waals surface area contributed by atoms with Crippen molar-refractivity contribution in [3.63, 3.8) is 0 Å². The van der Waals surface area contributed by atoms with Gasteiger partial charge in [-0.2, -0.15) is 0 Å². The molecule has 0 radical (unpaired) electrons. The number of hydrogen-bond donors (Lipinski definition) is 0. The molecule has 0 aliphatic carbocycles. The van der Waals surface area contributed by atoms with E-state index in [1.54, 1.807) is 11.3 Å². The quantitative estimate of drug-likeness (QED) is 0.198. The summed E-state index contributed by atoms with van der Waals surface area (Å²) in [6, 6.07) is 55.5. The molecular weight excluding hydrogens is 569 g/mol. The lowest BCUT2D eigenvalue weighted by atomic mass is 10.0. The Balaban J connectivity index is 1.22. The van der Waals surface area contributed by atoms with Gasteiger partial charge >= 0.3 is 0 Å². The summed E-state index contributed by atoms with van der Waals surface area (Å²) in [5.74, 6) is 0. The number of thiazole rings is 1. The van der Waals surface area contributed by atoms with Gasteiger partial charge in [0.2, 0.25) is 0 Å². The Labute approximate surface area is 264 Å². The lowest BCUT2D eigenvalue weighted by Crippen LogP contribution is -2.10. The van der Waals surface area contributed by atoms with Crippen molar-refractivity contribution >= 4 is 71.3 Å². The lowest BCUT2D eigenvalue weighted by molar-refractivity contribution is 0.669. The number of furan rings is 1. The molecule has 2 aromatic heterocycles. The van der Waals surface area contributed by atoms with Crippen LogP contribution in [0.2, 0.25) is 0 Å². The van der Waals surface area contributed by atoms with Crippen LogP contribution in [-0.4, -0.2) is 4.98 Å². The van der Waals surface area contributed by atoms with Crippen LogP contribution in [0.4, 0.5) is 17.1 Å². The summed E-state index contributed by atoms with van der Waals surface area (Å²) in [6.45, 7) is 0.